The Morgan fingerprint density at radius 2 is 2.08 bits per heavy atom. The molecule has 3 N–H and O–H groups in total. The smallest absolute Gasteiger partial charge is 0.120 e. The Balaban J connectivity index is 1.64. The lowest BCUT2D eigenvalue weighted by atomic mass is 9.93. The van der Waals surface area contributed by atoms with Crippen LogP contribution in [0.25, 0.3) is 0 Å². The molecule has 1 aliphatic heterocycles. The zero-order chi connectivity index (χ0) is 18.0. The number of para-hydroxylation sites is 1. The van der Waals surface area contributed by atoms with E-state index in [-0.39, 0.29) is 29.9 Å². The minimum absolute atomic E-state index is 0.0587. The molecule has 25 heavy (non-hydrogen) atoms. The Morgan fingerprint density at radius 3 is 2.76 bits per heavy atom. The van der Waals surface area contributed by atoms with E-state index in [2.05, 4.69) is 36.4 Å². The summed E-state index contributed by atoms with van der Waals surface area (Å²) >= 11 is 0. The number of hydrogen-bond donors (Lipinski definition) is 3. The normalized spacial score (nSPS) is 23.9. The van der Waals surface area contributed by atoms with Gasteiger partial charge in [0.15, 0.2) is 0 Å². The molecule has 7 nitrogen and oxygen atoms in total. The van der Waals surface area contributed by atoms with E-state index < -0.39 is 6.10 Å². The Kier molecular flexibility index (Phi) is 5.08. The number of rotatable bonds is 5. The number of hydrogen-bond acceptors (Lipinski definition) is 6. The summed E-state index contributed by atoms with van der Waals surface area (Å²) in [5.74, 6) is 0.242. The van der Waals surface area contributed by atoms with Gasteiger partial charge >= 0.3 is 0 Å². The number of aliphatic hydroxyl groups excluding tert-OH is 1. The zero-order valence-electron chi connectivity index (χ0n) is 14.9. The predicted molar refractivity (Wildman–Crippen MR) is 93.2 cm³/mol. The first kappa shape index (κ1) is 17.8. The summed E-state index contributed by atoms with van der Waals surface area (Å²) in [6, 6.07) is 6.93. The third kappa shape index (κ3) is 4.18. The largest absolute Gasteiger partial charge is 0.508 e. The summed E-state index contributed by atoms with van der Waals surface area (Å²) in [6.07, 6.45) is 1.12. The summed E-state index contributed by atoms with van der Waals surface area (Å²) in [5.41, 5.74) is 1.65. The third-order valence-electron chi connectivity index (χ3n) is 4.49. The van der Waals surface area contributed by atoms with Gasteiger partial charge in [0.2, 0.25) is 0 Å². The van der Waals surface area contributed by atoms with Crippen molar-refractivity contribution in [1.82, 2.24) is 20.3 Å². The van der Waals surface area contributed by atoms with Gasteiger partial charge in [-0.2, -0.15) is 0 Å². The first-order valence-corrected chi connectivity index (χ1v) is 8.55. The van der Waals surface area contributed by atoms with E-state index in [1.165, 1.54) is 0 Å². The maximum absolute atomic E-state index is 10.2. The predicted octanol–water partition coefficient (Wildman–Crippen LogP) is 1.20. The van der Waals surface area contributed by atoms with Gasteiger partial charge in [-0.15, -0.1) is 5.10 Å². The summed E-state index contributed by atoms with van der Waals surface area (Å²) in [7, 11) is 0. The number of aliphatic hydroxyl groups is 1. The second-order valence-corrected chi connectivity index (χ2v) is 7.55. The SMILES string of the molecule is CC(C)(C)c1cn(C[C@H]2OC[C@H](O)[C@H]2NCc2ccccc2O)nn1. The second kappa shape index (κ2) is 7.11. The van der Waals surface area contributed by atoms with Crippen LogP contribution in [0.5, 0.6) is 5.75 Å². The van der Waals surface area contributed by atoms with Crippen molar-refractivity contribution in [1.29, 1.82) is 0 Å². The van der Waals surface area contributed by atoms with Crippen LogP contribution in [0.4, 0.5) is 0 Å². The van der Waals surface area contributed by atoms with Crippen molar-refractivity contribution in [3.63, 3.8) is 0 Å². The molecular formula is C18H26N4O3. The van der Waals surface area contributed by atoms with E-state index >= 15 is 0 Å². The van der Waals surface area contributed by atoms with Crippen molar-refractivity contribution in [2.45, 2.75) is 57.5 Å². The summed E-state index contributed by atoms with van der Waals surface area (Å²) in [4.78, 5) is 0. The lowest BCUT2D eigenvalue weighted by Crippen LogP contribution is -2.45. The molecule has 0 unspecified atom stereocenters. The quantitative estimate of drug-likeness (QED) is 0.753. The number of nitrogens with zero attached hydrogens (tertiary/aromatic N) is 3. The first-order chi connectivity index (χ1) is 11.8. The van der Waals surface area contributed by atoms with E-state index in [0.29, 0.717) is 13.1 Å². The van der Waals surface area contributed by atoms with Crippen LogP contribution in [-0.2, 0) is 23.2 Å². The highest BCUT2D eigenvalue weighted by Gasteiger charge is 2.36. The average Bonchev–Trinajstić information content (AvgIpc) is 3.15. The molecule has 1 fully saturated rings. The average molecular weight is 346 g/mol. The molecule has 0 saturated carbocycles. The lowest BCUT2D eigenvalue weighted by Gasteiger charge is -2.22. The minimum atomic E-state index is -0.596. The van der Waals surface area contributed by atoms with Crippen molar-refractivity contribution in [2.75, 3.05) is 6.61 Å². The Bertz CT molecular complexity index is 710. The fraction of sp³-hybridized carbons (Fsp3) is 0.556. The van der Waals surface area contributed by atoms with Gasteiger partial charge in [0, 0.05) is 23.7 Å². The van der Waals surface area contributed by atoms with Crippen LogP contribution in [0.3, 0.4) is 0 Å². The van der Waals surface area contributed by atoms with Crippen molar-refractivity contribution in [3.05, 3.63) is 41.7 Å². The summed E-state index contributed by atoms with van der Waals surface area (Å²) in [5, 5.41) is 31.8. The molecule has 136 valence electrons. The fourth-order valence-corrected chi connectivity index (χ4v) is 2.91. The van der Waals surface area contributed by atoms with Crippen LogP contribution in [-0.4, -0.2) is 50.1 Å². The van der Waals surface area contributed by atoms with E-state index in [1.807, 2.05) is 18.3 Å². The van der Waals surface area contributed by atoms with Crippen molar-refractivity contribution in [3.8, 4) is 5.75 Å². The molecule has 2 aromatic rings. The van der Waals surface area contributed by atoms with E-state index in [1.54, 1.807) is 16.8 Å². The topological polar surface area (TPSA) is 92.4 Å². The molecule has 0 radical (unpaired) electrons. The molecule has 3 atom stereocenters. The molecule has 3 rings (SSSR count). The van der Waals surface area contributed by atoms with Crippen LogP contribution in [0, 0.1) is 0 Å². The van der Waals surface area contributed by atoms with Crippen molar-refractivity contribution < 1.29 is 14.9 Å². The first-order valence-electron chi connectivity index (χ1n) is 8.55. The number of phenolic OH excluding ortho intramolecular Hbond substituents is 1. The van der Waals surface area contributed by atoms with E-state index in [9.17, 15) is 10.2 Å². The van der Waals surface area contributed by atoms with Crippen LogP contribution in [0.2, 0.25) is 0 Å². The lowest BCUT2D eigenvalue weighted by molar-refractivity contribution is 0.0741. The highest BCUT2D eigenvalue weighted by molar-refractivity contribution is 5.31. The van der Waals surface area contributed by atoms with Crippen LogP contribution >= 0.6 is 0 Å². The van der Waals surface area contributed by atoms with Gasteiger partial charge in [0.1, 0.15) is 5.75 Å². The van der Waals surface area contributed by atoms with Gasteiger partial charge in [-0.05, 0) is 6.07 Å². The van der Waals surface area contributed by atoms with Gasteiger partial charge in [0.25, 0.3) is 0 Å². The summed E-state index contributed by atoms with van der Waals surface area (Å²) in [6.45, 7) is 7.52. The van der Waals surface area contributed by atoms with Crippen LogP contribution < -0.4 is 5.32 Å². The highest BCUT2D eigenvalue weighted by Crippen LogP contribution is 2.22. The second-order valence-electron chi connectivity index (χ2n) is 7.55. The number of aromatic nitrogens is 3. The third-order valence-corrected chi connectivity index (χ3v) is 4.49. The van der Waals surface area contributed by atoms with E-state index in [0.717, 1.165) is 11.3 Å². The van der Waals surface area contributed by atoms with Gasteiger partial charge < -0.3 is 20.3 Å². The molecule has 0 amide bonds. The van der Waals surface area contributed by atoms with Crippen LogP contribution in [0.15, 0.2) is 30.5 Å². The maximum Gasteiger partial charge on any atom is 0.120 e. The molecular weight excluding hydrogens is 320 g/mol. The monoisotopic (exact) mass is 346 g/mol. The van der Waals surface area contributed by atoms with Gasteiger partial charge in [-0.1, -0.05) is 44.2 Å². The zero-order valence-corrected chi connectivity index (χ0v) is 14.9. The summed E-state index contributed by atoms with van der Waals surface area (Å²) < 4.78 is 7.49. The van der Waals surface area contributed by atoms with Crippen LogP contribution in [0.1, 0.15) is 32.0 Å². The van der Waals surface area contributed by atoms with E-state index in [4.69, 9.17) is 4.74 Å². The molecule has 2 heterocycles. The number of ether oxygens (including phenoxy) is 1. The molecule has 0 aliphatic carbocycles. The van der Waals surface area contributed by atoms with Crippen molar-refractivity contribution in [2.24, 2.45) is 0 Å². The molecule has 1 aromatic carbocycles. The Labute approximate surface area is 147 Å². The van der Waals surface area contributed by atoms with Gasteiger partial charge in [-0.25, -0.2) is 4.68 Å². The van der Waals surface area contributed by atoms with Gasteiger partial charge in [0.05, 0.1) is 37.1 Å². The van der Waals surface area contributed by atoms with Gasteiger partial charge in [-0.3, -0.25) is 0 Å². The van der Waals surface area contributed by atoms with Crippen molar-refractivity contribution >= 4 is 0 Å². The minimum Gasteiger partial charge on any atom is -0.508 e. The molecule has 0 bridgehead atoms. The standard InChI is InChI=1S/C18H26N4O3/c1-18(2,3)16-10-22(21-20-16)9-15-17(14(24)11-25-15)19-8-12-6-4-5-7-13(12)23/h4-7,10,14-15,17,19,23-24H,8-9,11H2,1-3H3/t14-,15+,17+/m0/s1. The maximum atomic E-state index is 10.2. The molecule has 1 aromatic heterocycles. The Morgan fingerprint density at radius 1 is 1.32 bits per heavy atom. The molecule has 0 spiro atoms. The fourth-order valence-electron chi connectivity index (χ4n) is 2.91. The Hall–Kier alpha value is -1.96. The highest BCUT2D eigenvalue weighted by atomic mass is 16.5. The molecule has 7 heteroatoms. The number of nitrogens with one attached hydrogen (secondary N) is 1. The molecule has 1 saturated heterocycles. The number of phenols is 1. The molecule has 1 aliphatic rings. The number of aromatic hydroxyl groups is 1. The number of benzene rings is 1.